The third-order valence-electron chi connectivity index (χ3n) is 3.63. The summed E-state index contributed by atoms with van der Waals surface area (Å²) in [6.07, 6.45) is 6.60. The number of rotatable bonds is 3. The molecule has 1 aliphatic rings. The standard InChI is InChI=1S/C12H20BrN5/c1-2-9-4-3-6-18(7-5-9)12-10(13)11(17-14)15-8-16-12/h8-9H,2-7,14H2,1H3,(H,15,16,17). The Morgan fingerprint density at radius 1 is 1.44 bits per heavy atom. The Balaban J connectivity index is 2.16. The van der Waals surface area contributed by atoms with Gasteiger partial charge in [0.1, 0.15) is 16.6 Å². The molecule has 2 heterocycles. The lowest BCUT2D eigenvalue weighted by atomic mass is 9.98. The maximum atomic E-state index is 5.43. The van der Waals surface area contributed by atoms with E-state index in [0.29, 0.717) is 5.82 Å². The van der Waals surface area contributed by atoms with E-state index in [4.69, 9.17) is 5.84 Å². The Morgan fingerprint density at radius 3 is 3.00 bits per heavy atom. The molecule has 0 bridgehead atoms. The van der Waals surface area contributed by atoms with Crippen LogP contribution in [0.25, 0.3) is 0 Å². The van der Waals surface area contributed by atoms with Gasteiger partial charge in [-0.05, 0) is 41.1 Å². The fraction of sp³-hybridized carbons (Fsp3) is 0.667. The first-order valence-electron chi connectivity index (χ1n) is 6.48. The molecule has 1 unspecified atom stereocenters. The van der Waals surface area contributed by atoms with Crippen LogP contribution >= 0.6 is 15.9 Å². The molecule has 1 atom stereocenters. The quantitative estimate of drug-likeness (QED) is 0.663. The predicted molar refractivity (Wildman–Crippen MR) is 77.4 cm³/mol. The molecule has 0 aliphatic carbocycles. The Kier molecular flexibility index (Phi) is 4.77. The van der Waals surface area contributed by atoms with Crippen LogP contribution in [-0.4, -0.2) is 23.1 Å². The van der Waals surface area contributed by atoms with Crippen molar-refractivity contribution in [1.82, 2.24) is 9.97 Å². The number of anilines is 2. The smallest absolute Gasteiger partial charge is 0.159 e. The maximum absolute atomic E-state index is 5.43. The monoisotopic (exact) mass is 313 g/mol. The summed E-state index contributed by atoms with van der Waals surface area (Å²) >= 11 is 3.53. The fourth-order valence-electron chi connectivity index (χ4n) is 2.47. The van der Waals surface area contributed by atoms with E-state index in [1.807, 2.05) is 0 Å². The lowest BCUT2D eigenvalue weighted by Gasteiger charge is -2.23. The van der Waals surface area contributed by atoms with E-state index in [2.05, 4.69) is 43.1 Å². The topological polar surface area (TPSA) is 67.1 Å². The van der Waals surface area contributed by atoms with Gasteiger partial charge in [0.25, 0.3) is 0 Å². The van der Waals surface area contributed by atoms with Gasteiger partial charge in [0, 0.05) is 13.1 Å². The molecule has 1 aromatic rings. The van der Waals surface area contributed by atoms with Crippen molar-refractivity contribution in [2.75, 3.05) is 23.4 Å². The second kappa shape index (κ2) is 6.33. The van der Waals surface area contributed by atoms with Crippen molar-refractivity contribution >= 4 is 27.6 Å². The summed E-state index contributed by atoms with van der Waals surface area (Å²) in [5.41, 5.74) is 2.59. The van der Waals surface area contributed by atoms with Gasteiger partial charge in [-0.3, -0.25) is 0 Å². The SMILES string of the molecule is CCC1CCCN(c2ncnc(NN)c2Br)CC1. The molecule has 1 fully saturated rings. The lowest BCUT2D eigenvalue weighted by Crippen LogP contribution is -2.26. The summed E-state index contributed by atoms with van der Waals surface area (Å²) in [5.74, 6) is 7.86. The second-order valence-electron chi connectivity index (χ2n) is 4.70. The zero-order valence-electron chi connectivity index (χ0n) is 10.7. The zero-order valence-corrected chi connectivity index (χ0v) is 12.3. The summed E-state index contributed by atoms with van der Waals surface area (Å²) in [6, 6.07) is 0. The molecule has 0 radical (unpaired) electrons. The van der Waals surface area contributed by atoms with Crippen molar-refractivity contribution in [1.29, 1.82) is 0 Å². The van der Waals surface area contributed by atoms with Crippen LogP contribution < -0.4 is 16.2 Å². The molecular weight excluding hydrogens is 294 g/mol. The molecule has 1 saturated heterocycles. The van der Waals surface area contributed by atoms with E-state index in [1.165, 1.54) is 25.7 Å². The van der Waals surface area contributed by atoms with Crippen LogP contribution in [0.15, 0.2) is 10.8 Å². The number of aromatic nitrogens is 2. The molecule has 18 heavy (non-hydrogen) atoms. The molecule has 1 aromatic heterocycles. The summed E-state index contributed by atoms with van der Waals surface area (Å²) in [7, 11) is 0. The molecule has 3 N–H and O–H groups in total. The van der Waals surface area contributed by atoms with Crippen molar-refractivity contribution in [3.8, 4) is 0 Å². The minimum Gasteiger partial charge on any atom is -0.356 e. The van der Waals surface area contributed by atoms with Crippen LogP contribution in [0.5, 0.6) is 0 Å². The molecule has 0 spiro atoms. The number of nitrogens with one attached hydrogen (secondary N) is 1. The highest BCUT2D eigenvalue weighted by Crippen LogP contribution is 2.31. The normalized spacial score (nSPS) is 20.6. The van der Waals surface area contributed by atoms with Crippen LogP contribution in [0.3, 0.4) is 0 Å². The van der Waals surface area contributed by atoms with Crippen LogP contribution in [0.1, 0.15) is 32.6 Å². The predicted octanol–water partition coefficient (Wildman–Crippen LogP) is 2.54. The van der Waals surface area contributed by atoms with Crippen molar-refractivity contribution < 1.29 is 0 Å². The number of halogens is 1. The van der Waals surface area contributed by atoms with Crippen LogP contribution in [0.2, 0.25) is 0 Å². The molecule has 0 amide bonds. The number of nitrogens with two attached hydrogens (primary N) is 1. The van der Waals surface area contributed by atoms with E-state index in [0.717, 1.165) is 29.3 Å². The van der Waals surface area contributed by atoms with Crippen LogP contribution in [0, 0.1) is 5.92 Å². The maximum Gasteiger partial charge on any atom is 0.159 e. The summed E-state index contributed by atoms with van der Waals surface area (Å²) in [4.78, 5) is 10.8. The summed E-state index contributed by atoms with van der Waals surface area (Å²) in [6.45, 7) is 4.38. The lowest BCUT2D eigenvalue weighted by molar-refractivity contribution is 0.459. The second-order valence-corrected chi connectivity index (χ2v) is 5.49. The first kappa shape index (κ1) is 13.5. The summed E-state index contributed by atoms with van der Waals surface area (Å²) < 4.78 is 0.849. The Hall–Kier alpha value is -0.880. The molecule has 2 rings (SSSR count). The zero-order chi connectivity index (χ0) is 13.0. The number of hydrazine groups is 1. The van der Waals surface area contributed by atoms with E-state index < -0.39 is 0 Å². The Morgan fingerprint density at radius 2 is 2.28 bits per heavy atom. The highest BCUT2D eigenvalue weighted by Gasteiger charge is 2.19. The van der Waals surface area contributed by atoms with E-state index in [9.17, 15) is 0 Å². The van der Waals surface area contributed by atoms with Gasteiger partial charge in [0.05, 0.1) is 0 Å². The fourth-order valence-corrected chi connectivity index (χ4v) is 3.04. The number of nitrogen functional groups attached to an aromatic ring is 1. The van der Waals surface area contributed by atoms with Gasteiger partial charge in [-0.1, -0.05) is 13.3 Å². The molecular formula is C12H20BrN5. The van der Waals surface area contributed by atoms with Gasteiger partial charge in [0.15, 0.2) is 5.82 Å². The minimum absolute atomic E-state index is 0.635. The molecule has 5 nitrogen and oxygen atoms in total. The van der Waals surface area contributed by atoms with E-state index in [1.54, 1.807) is 6.33 Å². The first-order chi connectivity index (χ1) is 8.76. The van der Waals surface area contributed by atoms with Crippen LogP contribution in [-0.2, 0) is 0 Å². The van der Waals surface area contributed by atoms with Gasteiger partial charge in [-0.2, -0.15) is 0 Å². The van der Waals surface area contributed by atoms with Gasteiger partial charge in [0.2, 0.25) is 0 Å². The average Bonchev–Trinajstić information content (AvgIpc) is 2.64. The average molecular weight is 314 g/mol. The summed E-state index contributed by atoms with van der Waals surface area (Å²) in [5, 5.41) is 0. The first-order valence-corrected chi connectivity index (χ1v) is 7.27. The number of hydrogen-bond donors (Lipinski definition) is 2. The van der Waals surface area contributed by atoms with Gasteiger partial charge >= 0.3 is 0 Å². The van der Waals surface area contributed by atoms with Crippen molar-refractivity contribution in [2.24, 2.45) is 11.8 Å². The number of nitrogens with zero attached hydrogens (tertiary/aromatic N) is 3. The molecule has 0 saturated carbocycles. The van der Waals surface area contributed by atoms with Crippen molar-refractivity contribution in [2.45, 2.75) is 32.6 Å². The molecule has 6 heteroatoms. The van der Waals surface area contributed by atoms with Crippen molar-refractivity contribution in [3.05, 3.63) is 10.8 Å². The number of hydrogen-bond acceptors (Lipinski definition) is 5. The minimum atomic E-state index is 0.635. The Bertz CT molecular complexity index is 398. The highest BCUT2D eigenvalue weighted by molar-refractivity contribution is 9.10. The Labute approximate surface area is 116 Å². The molecule has 100 valence electrons. The van der Waals surface area contributed by atoms with Gasteiger partial charge in [-0.25, -0.2) is 15.8 Å². The largest absolute Gasteiger partial charge is 0.356 e. The highest BCUT2D eigenvalue weighted by atomic mass is 79.9. The van der Waals surface area contributed by atoms with E-state index in [-0.39, 0.29) is 0 Å². The van der Waals surface area contributed by atoms with Gasteiger partial charge in [-0.15, -0.1) is 0 Å². The van der Waals surface area contributed by atoms with Gasteiger partial charge < -0.3 is 10.3 Å². The van der Waals surface area contributed by atoms with Crippen molar-refractivity contribution in [3.63, 3.8) is 0 Å². The third kappa shape index (κ3) is 2.92. The third-order valence-corrected chi connectivity index (χ3v) is 4.36. The van der Waals surface area contributed by atoms with Crippen LogP contribution in [0.4, 0.5) is 11.6 Å². The van der Waals surface area contributed by atoms with E-state index >= 15 is 0 Å². The molecule has 1 aliphatic heterocycles. The molecule has 0 aromatic carbocycles.